The third-order valence-electron chi connectivity index (χ3n) is 3.19. The van der Waals surface area contributed by atoms with Crippen LogP contribution in [-0.2, 0) is 10.8 Å². The molecule has 2 atom stereocenters. The highest BCUT2D eigenvalue weighted by Crippen LogP contribution is 2.26. The minimum atomic E-state index is -0.839. The maximum atomic E-state index is 11.4. The Hall–Kier alpha value is -1.86. The van der Waals surface area contributed by atoms with Gasteiger partial charge in [-0.15, -0.1) is 0 Å². The van der Waals surface area contributed by atoms with Crippen molar-refractivity contribution < 1.29 is 4.21 Å². The maximum Gasteiger partial charge on any atom is 0.0998 e. The third-order valence-corrected chi connectivity index (χ3v) is 4.49. The molecule has 19 heavy (non-hydrogen) atoms. The van der Waals surface area contributed by atoms with Gasteiger partial charge in [-0.2, -0.15) is 5.26 Å². The number of anilines is 1. The smallest absolute Gasteiger partial charge is 0.0998 e. The molecule has 1 N–H and O–H groups in total. The van der Waals surface area contributed by atoms with E-state index in [0.29, 0.717) is 12.1 Å². The minimum absolute atomic E-state index is 0.0920. The lowest BCUT2D eigenvalue weighted by Gasteiger charge is -2.13. The van der Waals surface area contributed by atoms with E-state index < -0.39 is 10.8 Å². The predicted molar refractivity (Wildman–Crippen MR) is 80.7 cm³/mol. The number of benzene rings is 2. The van der Waals surface area contributed by atoms with Crippen LogP contribution in [0.1, 0.15) is 12.5 Å². The van der Waals surface area contributed by atoms with Crippen LogP contribution in [0.25, 0.3) is 10.8 Å². The first kappa shape index (κ1) is 13.6. The van der Waals surface area contributed by atoms with E-state index in [-0.39, 0.29) is 5.25 Å². The van der Waals surface area contributed by atoms with Gasteiger partial charge in [0.15, 0.2) is 0 Å². The first-order valence-electron chi connectivity index (χ1n) is 6.11. The zero-order valence-electron chi connectivity index (χ0n) is 11.0. The number of hydrogen-bond donors (Lipinski definition) is 1. The monoisotopic (exact) mass is 272 g/mol. The Morgan fingerprint density at radius 1 is 1.26 bits per heavy atom. The van der Waals surface area contributed by atoms with Crippen LogP contribution in [-0.4, -0.2) is 22.3 Å². The molecule has 0 aliphatic carbocycles. The number of hydrogen-bond acceptors (Lipinski definition) is 3. The molecule has 0 bridgehead atoms. The van der Waals surface area contributed by atoms with Crippen LogP contribution in [0.5, 0.6) is 0 Å². The summed E-state index contributed by atoms with van der Waals surface area (Å²) in [5.41, 5.74) is 1.65. The van der Waals surface area contributed by atoms with E-state index in [1.807, 2.05) is 43.3 Å². The molecule has 0 saturated carbocycles. The van der Waals surface area contributed by atoms with Crippen molar-refractivity contribution in [2.24, 2.45) is 0 Å². The molecule has 0 aliphatic heterocycles. The number of fused-ring (bicyclic) bond motifs is 1. The number of nitrogens with zero attached hydrogens (tertiary/aromatic N) is 1. The first-order valence-corrected chi connectivity index (χ1v) is 7.73. The molecule has 2 aromatic rings. The normalized spacial score (nSPS) is 13.7. The van der Waals surface area contributed by atoms with E-state index in [9.17, 15) is 4.21 Å². The Kier molecular flexibility index (Phi) is 4.18. The molecule has 4 heteroatoms. The van der Waals surface area contributed by atoms with Crippen LogP contribution >= 0.6 is 0 Å². The van der Waals surface area contributed by atoms with Crippen molar-refractivity contribution in [1.29, 1.82) is 5.26 Å². The molecule has 0 aliphatic rings. The van der Waals surface area contributed by atoms with Gasteiger partial charge in [0.1, 0.15) is 0 Å². The van der Waals surface area contributed by atoms with Crippen LogP contribution in [0.3, 0.4) is 0 Å². The molecule has 0 fully saturated rings. The second-order valence-corrected chi connectivity index (χ2v) is 6.31. The van der Waals surface area contributed by atoms with Gasteiger partial charge >= 0.3 is 0 Å². The Morgan fingerprint density at radius 3 is 2.58 bits per heavy atom. The highest BCUT2D eigenvalue weighted by Gasteiger charge is 2.08. The molecule has 0 saturated heterocycles. The van der Waals surface area contributed by atoms with Gasteiger partial charge in [0.05, 0.1) is 11.6 Å². The van der Waals surface area contributed by atoms with Crippen molar-refractivity contribution in [1.82, 2.24) is 0 Å². The molecule has 0 spiro atoms. The zero-order valence-corrected chi connectivity index (χ0v) is 11.8. The van der Waals surface area contributed by atoms with Gasteiger partial charge in [-0.1, -0.05) is 24.3 Å². The Balaban J connectivity index is 2.35. The fourth-order valence-electron chi connectivity index (χ4n) is 1.92. The summed E-state index contributed by atoms with van der Waals surface area (Å²) in [4.78, 5) is 0. The zero-order chi connectivity index (χ0) is 13.8. The summed E-state index contributed by atoms with van der Waals surface area (Å²) in [5.74, 6) is 0. The summed E-state index contributed by atoms with van der Waals surface area (Å²) in [7, 11) is -0.839. The van der Waals surface area contributed by atoms with E-state index in [1.165, 1.54) is 0 Å². The lowest BCUT2D eigenvalue weighted by Crippen LogP contribution is -2.20. The van der Waals surface area contributed by atoms with Gasteiger partial charge in [-0.25, -0.2) is 0 Å². The first-order chi connectivity index (χ1) is 9.13. The fraction of sp³-hybridized carbons (Fsp3) is 0.267. The second-order valence-electron chi connectivity index (χ2n) is 4.51. The number of nitriles is 1. The van der Waals surface area contributed by atoms with E-state index in [2.05, 4.69) is 11.4 Å². The third kappa shape index (κ3) is 2.94. The molecular weight excluding hydrogens is 256 g/mol. The van der Waals surface area contributed by atoms with E-state index in [4.69, 9.17) is 5.26 Å². The summed E-state index contributed by atoms with van der Waals surface area (Å²) in [6.07, 6.45) is 1.71. The predicted octanol–water partition coefficient (Wildman–Crippen LogP) is 2.89. The van der Waals surface area contributed by atoms with Gasteiger partial charge in [-0.3, -0.25) is 4.21 Å². The Bertz CT molecular complexity index is 661. The van der Waals surface area contributed by atoms with Crippen molar-refractivity contribution in [2.75, 3.05) is 18.1 Å². The summed E-state index contributed by atoms with van der Waals surface area (Å²) < 4.78 is 11.4. The highest BCUT2D eigenvalue weighted by molar-refractivity contribution is 7.84. The van der Waals surface area contributed by atoms with Gasteiger partial charge in [-0.05, 0) is 19.1 Å². The lowest BCUT2D eigenvalue weighted by molar-refractivity contribution is 0.679. The van der Waals surface area contributed by atoms with Crippen LogP contribution in [0.4, 0.5) is 5.69 Å². The van der Waals surface area contributed by atoms with Crippen LogP contribution in [0, 0.1) is 11.3 Å². The molecule has 0 amide bonds. The number of nitrogens with one attached hydrogen (secondary N) is 1. The van der Waals surface area contributed by atoms with Gasteiger partial charge < -0.3 is 5.32 Å². The molecule has 2 unspecified atom stereocenters. The molecule has 2 rings (SSSR count). The Labute approximate surface area is 115 Å². The van der Waals surface area contributed by atoms with Gasteiger partial charge in [0, 0.05) is 45.3 Å². The van der Waals surface area contributed by atoms with Crippen molar-refractivity contribution in [3.8, 4) is 6.07 Å². The molecular formula is C15H16N2OS. The maximum absolute atomic E-state index is 11.4. The highest BCUT2D eigenvalue weighted by atomic mass is 32.2. The summed E-state index contributed by atoms with van der Waals surface area (Å²) in [5, 5.41) is 14.5. The van der Waals surface area contributed by atoms with E-state index >= 15 is 0 Å². The lowest BCUT2D eigenvalue weighted by atomic mass is 10.0. The molecule has 98 valence electrons. The van der Waals surface area contributed by atoms with Crippen LogP contribution < -0.4 is 5.32 Å². The van der Waals surface area contributed by atoms with Crippen molar-refractivity contribution in [3.63, 3.8) is 0 Å². The van der Waals surface area contributed by atoms with Gasteiger partial charge in [0.2, 0.25) is 0 Å². The quantitative estimate of drug-likeness (QED) is 0.931. The molecule has 0 aromatic heterocycles. The second kappa shape index (κ2) is 5.85. The topological polar surface area (TPSA) is 52.9 Å². The van der Waals surface area contributed by atoms with Crippen LogP contribution in [0.15, 0.2) is 36.4 Å². The van der Waals surface area contributed by atoms with Crippen molar-refractivity contribution >= 4 is 27.3 Å². The molecule has 2 aromatic carbocycles. The van der Waals surface area contributed by atoms with Crippen molar-refractivity contribution in [2.45, 2.75) is 12.2 Å². The Morgan fingerprint density at radius 2 is 1.95 bits per heavy atom. The number of rotatable bonds is 4. The molecule has 0 heterocycles. The molecule has 0 radical (unpaired) electrons. The minimum Gasteiger partial charge on any atom is -0.383 e. The molecule has 3 nitrogen and oxygen atoms in total. The van der Waals surface area contributed by atoms with Gasteiger partial charge in [0.25, 0.3) is 0 Å². The van der Waals surface area contributed by atoms with Crippen molar-refractivity contribution in [3.05, 3.63) is 42.0 Å². The average Bonchev–Trinajstić information content (AvgIpc) is 2.44. The van der Waals surface area contributed by atoms with Crippen LogP contribution in [0.2, 0.25) is 0 Å². The largest absolute Gasteiger partial charge is 0.383 e. The fourth-order valence-corrected chi connectivity index (χ4v) is 2.24. The van der Waals surface area contributed by atoms with E-state index in [1.54, 1.807) is 6.26 Å². The summed E-state index contributed by atoms with van der Waals surface area (Å²) >= 11 is 0. The summed E-state index contributed by atoms with van der Waals surface area (Å²) in [6.45, 7) is 2.61. The summed E-state index contributed by atoms with van der Waals surface area (Å²) in [6, 6.07) is 13.7. The average molecular weight is 272 g/mol. The SMILES string of the molecule is CC(CNc1ccc(C#N)c2ccccc12)S(C)=O. The van der Waals surface area contributed by atoms with E-state index in [0.717, 1.165) is 16.5 Å². The standard InChI is InChI=1S/C15H16N2OS/c1-11(19(2)18)10-17-15-8-7-12(9-16)13-5-3-4-6-14(13)15/h3-8,11,17H,10H2,1-2H3.